The van der Waals surface area contributed by atoms with Crippen LogP contribution >= 0.6 is 0 Å². The van der Waals surface area contributed by atoms with E-state index in [2.05, 4.69) is 40.0 Å². The zero-order valence-electron chi connectivity index (χ0n) is 14.9. The molecule has 1 aliphatic heterocycles. The Morgan fingerprint density at radius 2 is 1.78 bits per heavy atom. The Kier molecular flexibility index (Phi) is 7.25. The molecule has 23 heavy (non-hydrogen) atoms. The Morgan fingerprint density at radius 3 is 2.39 bits per heavy atom. The summed E-state index contributed by atoms with van der Waals surface area (Å²) in [5.74, 6) is 0. The molecule has 1 aromatic rings. The Bertz CT molecular complexity index is 478. The molecule has 4 heteroatoms. The van der Waals surface area contributed by atoms with Gasteiger partial charge >= 0.3 is 0 Å². The third-order valence-electron chi connectivity index (χ3n) is 4.49. The third kappa shape index (κ3) is 6.36. The van der Waals surface area contributed by atoms with Gasteiger partial charge in [-0.15, -0.1) is 0 Å². The first kappa shape index (κ1) is 18.6. The molecule has 130 valence electrons. The highest BCUT2D eigenvalue weighted by molar-refractivity contribution is 7.84. The fourth-order valence-electron chi connectivity index (χ4n) is 3.12. The number of likely N-dealkylation sites (tertiary alicyclic amines) is 1. The predicted molar refractivity (Wildman–Crippen MR) is 99.9 cm³/mol. The maximum absolute atomic E-state index is 12.2. The Labute approximate surface area is 144 Å². The van der Waals surface area contributed by atoms with E-state index in [0.717, 1.165) is 19.4 Å². The van der Waals surface area contributed by atoms with Crippen LogP contribution in [0.15, 0.2) is 30.3 Å². The van der Waals surface area contributed by atoms with Crippen molar-refractivity contribution in [3.8, 4) is 0 Å². The van der Waals surface area contributed by atoms with Crippen molar-refractivity contribution in [2.45, 2.75) is 63.7 Å². The normalized spacial score (nSPS) is 19.4. The summed E-state index contributed by atoms with van der Waals surface area (Å²) in [5, 5.41) is 0. The molecule has 1 fully saturated rings. The van der Waals surface area contributed by atoms with Gasteiger partial charge in [-0.25, -0.2) is 8.93 Å². The lowest BCUT2D eigenvalue weighted by atomic mass is 9.99. The molecule has 0 aliphatic carbocycles. The second-order valence-electron chi connectivity index (χ2n) is 7.50. The lowest BCUT2D eigenvalue weighted by Gasteiger charge is -2.35. The van der Waals surface area contributed by atoms with Crippen molar-refractivity contribution in [1.29, 1.82) is 0 Å². The molecular formula is C19H32N2OS. The average Bonchev–Trinajstić information content (AvgIpc) is 2.54. The van der Waals surface area contributed by atoms with E-state index in [9.17, 15) is 4.21 Å². The van der Waals surface area contributed by atoms with Crippen molar-refractivity contribution in [3.05, 3.63) is 35.9 Å². The minimum Gasteiger partial charge on any atom is -0.300 e. The van der Waals surface area contributed by atoms with Crippen LogP contribution in [0.5, 0.6) is 0 Å². The zero-order chi connectivity index (χ0) is 16.7. The van der Waals surface area contributed by atoms with E-state index in [-0.39, 0.29) is 4.75 Å². The Balaban J connectivity index is 1.92. The number of benzene rings is 1. The first-order chi connectivity index (χ1) is 11.0. The minimum atomic E-state index is -0.974. The standard InChI is InChI=1S/C19H32N2OS/c1-19(2,3)23(22)20-13-12-18(21-14-8-5-9-15-21)16-17-10-6-4-7-11-17/h4,6-7,10-11,18,20H,5,8-9,12-16H2,1-3H3/t18-,23-/m1/s1. The smallest absolute Gasteiger partial charge is 0.0970 e. The van der Waals surface area contributed by atoms with Crippen LogP contribution in [0.2, 0.25) is 0 Å². The molecule has 1 aromatic carbocycles. The first-order valence-corrected chi connectivity index (χ1v) is 10.0. The average molecular weight is 337 g/mol. The summed E-state index contributed by atoms with van der Waals surface area (Å²) < 4.78 is 15.2. The highest BCUT2D eigenvalue weighted by Gasteiger charge is 2.23. The van der Waals surface area contributed by atoms with Gasteiger partial charge in [0, 0.05) is 12.6 Å². The second kappa shape index (κ2) is 8.95. The third-order valence-corrected chi connectivity index (χ3v) is 6.07. The number of rotatable bonds is 7. The molecule has 0 aromatic heterocycles. The lowest BCUT2D eigenvalue weighted by Crippen LogP contribution is -2.43. The van der Waals surface area contributed by atoms with Crippen LogP contribution in [0.1, 0.15) is 52.0 Å². The zero-order valence-corrected chi connectivity index (χ0v) is 15.7. The highest BCUT2D eigenvalue weighted by atomic mass is 32.2. The topological polar surface area (TPSA) is 32.3 Å². The highest BCUT2D eigenvalue weighted by Crippen LogP contribution is 2.18. The van der Waals surface area contributed by atoms with E-state index >= 15 is 0 Å². The largest absolute Gasteiger partial charge is 0.300 e. The molecule has 0 radical (unpaired) electrons. The maximum Gasteiger partial charge on any atom is 0.0970 e. The quantitative estimate of drug-likeness (QED) is 0.826. The van der Waals surface area contributed by atoms with Gasteiger partial charge < -0.3 is 4.90 Å². The molecule has 1 N–H and O–H groups in total. The monoisotopic (exact) mass is 336 g/mol. The van der Waals surface area contributed by atoms with Crippen molar-refractivity contribution in [2.75, 3.05) is 19.6 Å². The number of piperidine rings is 1. The van der Waals surface area contributed by atoms with Gasteiger partial charge in [-0.05, 0) is 65.1 Å². The van der Waals surface area contributed by atoms with Gasteiger partial charge in [-0.3, -0.25) is 0 Å². The number of hydrogen-bond acceptors (Lipinski definition) is 2. The molecule has 0 saturated carbocycles. The number of hydrogen-bond donors (Lipinski definition) is 1. The van der Waals surface area contributed by atoms with E-state index in [0.29, 0.717) is 6.04 Å². The SMILES string of the molecule is CC(C)(C)[S@@](=O)NCC[C@H](Cc1ccccc1)N1CCCCC1. The van der Waals surface area contributed by atoms with E-state index in [1.165, 1.54) is 37.9 Å². The summed E-state index contributed by atoms with van der Waals surface area (Å²) in [6, 6.07) is 11.3. The van der Waals surface area contributed by atoms with Gasteiger partial charge in [0.2, 0.25) is 0 Å². The minimum absolute atomic E-state index is 0.194. The predicted octanol–water partition coefficient (Wildman–Crippen LogP) is 3.53. The fourth-order valence-corrected chi connectivity index (χ4v) is 3.85. The summed E-state index contributed by atoms with van der Waals surface area (Å²) in [7, 11) is -0.974. The van der Waals surface area contributed by atoms with E-state index in [4.69, 9.17) is 0 Å². The van der Waals surface area contributed by atoms with Gasteiger partial charge in [0.25, 0.3) is 0 Å². The van der Waals surface area contributed by atoms with Crippen LogP contribution in [0.25, 0.3) is 0 Å². The summed E-state index contributed by atoms with van der Waals surface area (Å²) in [5.41, 5.74) is 1.40. The maximum atomic E-state index is 12.2. The molecule has 1 aliphatic rings. The summed E-state index contributed by atoms with van der Waals surface area (Å²) in [6.07, 6.45) is 6.13. The molecule has 1 saturated heterocycles. The van der Waals surface area contributed by atoms with Crippen LogP contribution in [-0.4, -0.2) is 39.5 Å². The van der Waals surface area contributed by atoms with E-state index in [1.54, 1.807) is 0 Å². The van der Waals surface area contributed by atoms with E-state index in [1.807, 2.05) is 20.8 Å². The fraction of sp³-hybridized carbons (Fsp3) is 0.684. The first-order valence-electron chi connectivity index (χ1n) is 8.90. The number of nitrogens with zero attached hydrogens (tertiary/aromatic N) is 1. The molecule has 0 spiro atoms. The van der Waals surface area contributed by atoms with Crippen molar-refractivity contribution < 1.29 is 4.21 Å². The number of nitrogens with one attached hydrogen (secondary N) is 1. The molecule has 1 heterocycles. The Morgan fingerprint density at radius 1 is 1.13 bits per heavy atom. The van der Waals surface area contributed by atoms with Crippen LogP contribution in [-0.2, 0) is 17.4 Å². The molecule has 2 atom stereocenters. The van der Waals surface area contributed by atoms with Crippen LogP contribution in [0, 0.1) is 0 Å². The van der Waals surface area contributed by atoms with Crippen LogP contribution < -0.4 is 4.72 Å². The summed E-state index contributed by atoms with van der Waals surface area (Å²) in [6.45, 7) is 9.28. The van der Waals surface area contributed by atoms with Crippen molar-refractivity contribution >= 4 is 11.0 Å². The Hall–Kier alpha value is -0.710. The van der Waals surface area contributed by atoms with E-state index < -0.39 is 11.0 Å². The molecule has 0 bridgehead atoms. The molecule has 3 nitrogen and oxygen atoms in total. The van der Waals surface area contributed by atoms with Gasteiger partial charge in [-0.2, -0.15) is 0 Å². The molecule has 2 rings (SSSR count). The molecule has 0 unspecified atom stereocenters. The molecular weight excluding hydrogens is 304 g/mol. The van der Waals surface area contributed by atoms with Crippen molar-refractivity contribution in [2.24, 2.45) is 0 Å². The van der Waals surface area contributed by atoms with Crippen molar-refractivity contribution in [3.63, 3.8) is 0 Å². The molecule has 0 amide bonds. The second-order valence-corrected chi connectivity index (χ2v) is 9.56. The summed E-state index contributed by atoms with van der Waals surface area (Å²) >= 11 is 0. The summed E-state index contributed by atoms with van der Waals surface area (Å²) in [4.78, 5) is 2.64. The van der Waals surface area contributed by atoms with Gasteiger partial charge in [0.1, 0.15) is 0 Å². The van der Waals surface area contributed by atoms with Gasteiger partial charge in [-0.1, -0.05) is 36.8 Å². The lowest BCUT2D eigenvalue weighted by molar-refractivity contribution is 0.155. The van der Waals surface area contributed by atoms with Gasteiger partial charge in [0.05, 0.1) is 15.7 Å². The van der Waals surface area contributed by atoms with Gasteiger partial charge in [0.15, 0.2) is 0 Å². The van der Waals surface area contributed by atoms with Crippen LogP contribution in [0.4, 0.5) is 0 Å². The van der Waals surface area contributed by atoms with Crippen molar-refractivity contribution in [1.82, 2.24) is 9.62 Å². The van der Waals surface area contributed by atoms with Crippen LogP contribution in [0.3, 0.4) is 0 Å².